The van der Waals surface area contributed by atoms with Gasteiger partial charge in [0.15, 0.2) is 0 Å². The maximum absolute atomic E-state index is 11.5. The van der Waals surface area contributed by atoms with Crippen LogP contribution in [0.25, 0.3) is 0 Å². The van der Waals surface area contributed by atoms with Gasteiger partial charge >= 0.3 is 5.97 Å². The standard InChI is InChI=1S/C15H20O4/c1-15(2,14(17)18-3)9-19-11-5-6-12-10(8-11)4-7-13(12)16/h5-6,8,13,16H,4,7,9H2,1-3H3/t13-/m0/s1. The summed E-state index contributed by atoms with van der Waals surface area (Å²) >= 11 is 0. The highest BCUT2D eigenvalue weighted by molar-refractivity contribution is 5.75. The van der Waals surface area contributed by atoms with Gasteiger partial charge < -0.3 is 14.6 Å². The van der Waals surface area contributed by atoms with Crippen molar-refractivity contribution in [2.75, 3.05) is 13.7 Å². The van der Waals surface area contributed by atoms with Gasteiger partial charge in [0.25, 0.3) is 0 Å². The number of fused-ring (bicyclic) bond motifs is 1. The van der Waals surface area contributed by atoms with Gasteiger partial charge in [0.1, 0.15) is 12.4 Å². The van der Waals surface area contributed by atoms with Crippen LogP contribution < -0.4 is 4.74 Å². The Balaban J connectivity index is 2.03. The summed E-state index contributed by atoms with van der Waals surface area (Å²) in [4.78, 5) is 11.5. The smallest absolute Gasteiger partial charge is 0.314 e. The van der Waals surface area contributed by atoms with Gasteiger partial charge in [-0.15, -0.1) is 0 Å². The van der Waals surface area contributed by atoms with E-state index in [1.807, 2.05) is 18.2 Å². The second kappa shape index (κ2) is 5.21. The molecule has 1 aliphatic carbocycles. The number of carbonyl (C=O) groups excluding carboxylic acids is 1. The maximum Gasteiger partial charge on any atom is 0.314 e. The molecule has 0 heterocycles. The lowest BCUT2D eigenvalue weighted by molar-refractivity contribution is -0.152. The third-order valence-corrected chi connectivity index (χ3v) is 3.50. The third kappa shape index (κ3) is 2.89. The summed E-state index contributed by atoms with van der Waals surface area (Å²) in [5, 5.41) is 9.73. The predicted octanol–water partition coefficient (Wildman–Crippen LogP) is 2.24. The number of hydrogen-bond acceptors (Lipinski definition) is 4. The lowest BCUT2D eigenvalue weighted by atomic mass is 9.95. The van der Waals surface area contributed by atoms with E-state index in [2.05, 4.69) is 0 Å². The Morgan fingerprint density at radius 3 is 2.89 bits per heavy atom. The van der Waals surface area contributed by atoms with Crippen molar-refractivity contribution >= 4 is 5.97 Å². The fraction of sp³-hybridized carbons (Fsp3) is 0.533. The van der Waals surface area contributed by atoms with Crippen LogP contribution in [0.2, 0.25) is 0 Å². The van der Waals surface area contributed by atoms with E-state index in [4.69, 9.17) is 9.47 Å². The van der Waals surface area contributed by atoms with Crippen LogP contribution in [0.1, 0.15) is 37.5 Å². The Kier molecular flexibility index (Phi) is 3.80. The molecule has 0 spiro atoms. The molecule has 0 saturated heterocycles. The van der Waals surface area contributed by atoms with Gasteiger partial charge in [-0.2, -0.15) is 0 Å². The highest BCUT2D eigenvalue weighted by Gasteiger charge is 2.30. The van der Waals surface area contributed by atoms with Crippen molar-refractivity contribution in [1.29, 1.82) is 0 Å². The van der Waals surface area contributed by atoms with Crippen molar-refractivity contribution in [2.45, 2.75) is 32.8 Å². The number of aryl methyl sites for hydroxylation is 1. The summed E-state index contributed by atoms with van der Waals surface area (Å²) in [6.07, 6.45) is 1.29. The lowest BCUT2D eigenvalue weighted by Gasteiger charge is -2.21. The van der Waals surface area contributed by atoms with E-state index in [1.165, 1.54) is 7.11 Å². The fourth-order valence-electron chi connectivity index (χ4n) is 2.26. The summed E-state index contributed by atoms with van der Waals surface area (Å²) in [5.41, 5.74) is 1.44. The van der Waals surface area contributed by atoms with Crippen LogP contribution in [-0.2, 0) is 16.0 Å². The van der Waals surface area contributed by atoms with E-state index in [9.17, 15) is 9.90 Å². The number of aliphatic hydroxyl groups excluding tert-OH is 1. The molecule has 0 aromatic heterocycles. The van der Waals surface area contributed by atoms with E-state index >= 15 is 0 Å². The monoisotopic (exact) mass is 264 g/mol. The Morgan fingerprint density at radius 2 is 2.21 bits per heavy atom. The molecule has 2 rings (SSSR count). The minimum Gasteiger partial charge on any atom is -0.492 e. The molecular weight excluding hydrogens is 244 g/mol. The molecule has 0 saturated carbocycles. The van der Waals surface area contributed by atoms with Crippen LogP contribution in [0.15, 0.2) is 18.2 Å². The van der Waals surface area contributed by atoms with E-state index in [-0.39, 0.29) is 18.7 Å². The number of methoxy groups -OCH3 is 1. The van der Waals surface area contributed by atoms with Gasteiger partial charge in [-0.25, -0.2) is 0 Å². The number of ether oxygens (including phenoxy) is 2. The second-order valence-electron chi connectivity index (χ2n) is 5.58. The third-order valence-electron chi connectivity index (χ3n) is 3.50. The van der Waals surface area contributed by atoms with Crippen LogP contribution in [0.3, 0.4) is 0 Å². The molecule has 1 aromatic rings. The highest BCUT2D eigenvalue weighted by Crippen LogP contribution is 2.33. The molecule has 4 nitrogen and oxygen atoms in total. The van der Waals surface area contributed by atoms with Crippen molar-refractivity contribution in [3.05, 3.63) is 29.3 Å². The quantitative estimate of drug-likeness (QED) is 0.847. The SMILES string of the molecule is COC(=O)C(C)(C)COc1ccc2c(c1)CC[C@@H]2O. The molecule has 0 fully saturated rings. The van der Waals surface area contributed by atoms with Crippen molar-refractivity contribution < 1.29 is 19.4 Å². The number of esters is 1. The minimum absolute atomic E-state index is 0.265. The number of aliphatic hydroxyl groups is 1. The van der Waals surface area contributed by atoms with Gasteiger partial charge in [0, 0.05) is 0 Å². The van der Waals surface area contributed by atoms with E-state index in [0.717, 1.165) is 29.7 Å². The molecule has 0 aliphatic heterocycles. The minimum atomic E-state index is -0.673. The molecule has 19 heavy (non-hydrogen) atoms. The summed E-state index contributed by atoms with van der Waals surface area (Å²) < 4.78 is 10.4. The zero-order chi connectivity index (χ0) is 14.0. The molecule has 0 unspecified atom stereocenters. The number of hydrogen-bond donors (Lipinski definition) is 1. The Bertz CT molecular complexity index is 479. The first-order valence-electron chi connectivity index (χ1n) is 6.46. The summed E-state index contributed by atoms with van der Waals surface area (Å²) in [7, 11) is 1.38. The average Bonchev–Trinajstić information content (AvgIpc) is 2.77. The molecule has 1 aromatic carbocycles. The lowest BCUT2D eigenvalue weighted by Crippen LogP contribution is -2.32. The van der Waals surface area contributed by atoms with Crippen LogP contribution >= 0.6 is 0 Å². The van der Waals surface area contributed by atoms with E-state index in [0.29, 0.717) is 0 Å². The Labute approximate surface area is 113 Å². The fourth-order valence-corrected chi connectivity index (χ4v) is 2.26. The molecule has 4 heteroatoms. The molecule has 1 N–H and O–H groups in total. The van der Waals surface area contributed by atoms with Crippen molar-refractivity contribution in [2.24, 2.45) is 5.41 Å². The second-order valence-corrected chi connectivity index (χ2v) is 5.58. The Hall–Kier alpha value is -1.55. The summed E-state index contributed by atoms with van der Waals surface area (Å²) in [6, 6.07) is 5.67. The summed E-state index contributed by atoms with van der Waals surface area (Å²) in [6.45, 7) is 3.84. The normalized spacial score (nSPS) is 18.0. The largest absolute Gasteiger partial charge is 0.492 e. The molecule has 0 bridgehead atoms. The van der Waals surface area contributed by atoms with Gasteiger partial charge in [0.05, 0.1) is 18.6 Å². The molecule has 1 aliphatic rings. The van der Waals surface area contributed by atoms with Gasteiger partial charge in [-0.3, -0.25) is 4.79 Å². The van der Waals surface area contributed by atoms with Crippen LogP contribution in [0.4, 0.5) is 0 Å². The van der Waals surface area contributed by atoms with Crippen molar-refractivity contribution in [1.82, 2.24) is 0 Å². The van der Waals surface area contributed by atoms with E-state index in [1.54, 1.807) is 13.8 Å². The van der Waals surface area contributed by atoms with Crippen LogP contribution in [0, 0.1) is 5.41 Å². The number of rotatable bonds is 4. The zero-order valence-electron chi connectivity index (χ0n) is 11.6. The average molecular weight is 264 g/mol. The highest BCUT2D eigenvalue weighted by atomic mass is 16.5. The first-order valence-corrected chi connectivity index (χ1v) is 6.46. The van der Waals surface area contributed by atoms with Gasteiger partial charge in [0.2, 0.25) is 0 Å². The number of carbonyl (C=O) groups is 1. The van der Waals surface area contributed by atoms with Gasteiger partial charge in [-0.05, 0) is 49.9 Å². The van der Waals surface area contributed by atoms with Gasteiger partial charge in [-0.1, -0.05) is 6.07 Å². The zero-order valence-corrected chi connectivity index (χ0v) is 11.6. The predicted molar refractivity (Wildman–Crippen MR) is 71.0 cm³/mol. The van der Waals surface area contributed by atoms with Crippen LogP contribution in [-0.4, -0.2) is 24.8 Å². The molecule has 0 amide bonds. The first-order chi connectivity index (χ1) is 8.94. The molecular formula is C15H20O4. The molecule has 1 atom stereocenters. The van der Waals surface area contributed by atoms with Crippen molar-refractivity contribution in [3.8, 4) is 5.75 Å². The number of benzene rings is 1. The Morgan fingerprint density at radius 1 is 1.47 bits per heavy atom. The summed E-state index contributed by atoms with van der Waals surface area (Å²) in [5.74, 6) is 0.439. The molecule has 104 valence electrons. The van der Waals surface area contributed by atoms with Crippen LogP contribution in [0.5, 0.6) is 5.75 Å². The van der Waals surface area contributed by atoms with Crippen molar-refractivity contribution in [3.63, 3.8) is 0 Å². The maximum atomic E-state index is 11.5. The van der Waals surface area contributed by atoms with E-state index < -0.39 is 5.41 Å². The molecule has 0 radical (unpaired) electrons. The topological polar surface area (TPSA) is 55.8 Å². The first kappa shape index (κ1) is 13.9.